The van der Waals surface area contributed by atoms with E-state index in [-0.39, 0.29) is 5.91 Å². The van der Waals surface area contributed by atoms with Gasteiger partial charge in [-0.25, -0.2) is 4.98 Å². The summed E-state index contributed by atoms with van der Waals surface area (Å²) >= 11 is 0. The zero-order chi connectivity index (χ0) is 18.4. The monoisotopic (exact) mass is 344 g/mol. The highest BCUT2D eigenvalue weighted by Crippen LogP contribution is 2.20. The maximum Gasteiger partial charge on any atom is 0.253 e. The SMILES string of the molecule is CN(Cc1ccccn1)C(=O)c1ccc(Oc2ccc(C#N)cn2)cc1. The second-order valence-corrected chi connectivity index (χ2v) is 5.61. The lowest BCUT2D eigenvalue weighted by molar-refractivity contribution is 0.0783. The summed E-state index contributed by atoms with van der Waals surface area (Å²) in [7, 11) is 1.74. The summed E-state index contributed by atoms with van der Waals surface area (Å²) in [4.78, 5) is 22.4. The molecule has 0 unspecified atom stereocenters. The van der Waals surface area contributed by atoms with Crippen molar-refractivity contribution in [2.75, 3.05) is 7.05 Å². The molecule has 0 saturated carbocycles. The summed E-state index contributed by atoms with van der Waals surface area (Å²) in [5, 5.41) is 8.77. The van der Waals surface area contributed by atoms with Gasteiger partial charge in [-0.2, -0.15) is 5.26 Å². The van der Waals surface area contributed by atoms with Crippen LogP contribution in [0, 0.1) is 11.3 Å². The van der Waals surface area contributed by atoms with Crippen molar-refractivity contribution in [3.05, 3.63) is 83.8 Å². The van der Waals surface area contributed by atoms with Gasteiger partial charge in [-0.15, -0.1) is 0 Å². The Balaban J connectivity index is 1.64. The van der Waals surface area contributed by atoms with Gasteiger partial charge >= 0.3 is 0 Å². The van der Waals surface area contributed by atoms with Crippen molar-refractivity contribution in [3.8, 4) is 17.7 Å². The van der Waals surface area contributed by atoms with Crippen LogP contribution in [0.5, 0.6) is 11.6 Å². The van der Waals surface area contributed by atoms with Crippen LogP contribution in [0.4, 0.5) is 0 Å². The van der Waals surface area contributed by atoms with Crippen LogP contribution in [-0.2, 0) is 6.54 Å². The van der Waals surface area contributed by atoms with Gasteiger partial charge < -0.3 is 9.64 Å². The van der Waals surface area contributed by atoms with E-state index in [2.05, 4.69) is 9.97 Å². The molecule has 0 fully saturated rings. The Bertz CT molecular complexity index is 917. The molecule has 6 heteroatoms. The molecule has 0 N–H and O–H groups in total. The van der Waals surface area contributed by atoms with Gasteiger partial charge in [0.25, 0.3) is 5.91 Å². The predicted molar refractivity (Wildman–Crippen MR) is 95.5 cm³/mol. The van der Waals surface area contributed by atoms with Crippen molar-refractivity contribution in [1.29, 1.82) is 5.26 Å². The normalized spacial score (nSPS) is 10.0. The average molecular weight is 344 g/mol. The Morgan fingerprint density at radius 1 is 1.12 bits per heavy atom. The number of amides is 1. The van der Waals surface area contributed by atoms with Gasteiger partial charge in [-0.1, -0.05) is 6.07 Å². The Morgan fingerprint density at radius 3 is 2.54 bits per heavy atom. The number of benzene rings is 1. The minimum absolute atomic E-state index is 0.0984. The van der Waals surface area contributed by atoms with Crippen LogP contribution in [0.15, 0.2) is 67.0 Å². The number of carbonyl (C=O) groups is 1. The molecular formula is C20H16N4O2. The van der Waals surface area contributed by atoms with Crippen LogP contribution in [0.25, 0.3) is 0 Å². The number of nitrogens with zero attached hydrogens (tertiary/aromatic N) is 4. The van der Waals surface area contributed by atoms with Gasteiger partial charge in [0.15, 0.2) is 0 Å². The highest BCUT2D eigenvalue weighted by atomic mass is 16.5. The summed E-state index contributed by atoms with van der Waals surface area (Å²) in [6.07, 6.45) is 3.15. The first-order chi connectivity index (χ1) is 12.7. The predicted octanol–water partition coefficient (Wildman–Crippen LogP) is 3.41. The molecule has 0 radical (unpaired) electrons. The zero-order valence-electron chi connectivity index (χ0n) is 14.2. The zero-order valence-corrected chi connectivity index (χ0v) is 14.2. The van der Waals surface area contributed by atoms with Gasteiger partial charge in [0, 0.05) is 31.1 Å². The summed E-state index contributed by atoms with van der Waals surface area (Å²) < 4.78 is 5.61. The molecule has 0 saturated heterocycles. The fourth-order valence-electron chi connectivity index (χ4n) is 2.32. The fraction of sp³-hybridized carbons (Fsp3) is 0.100. The molecule has 1 amide bonds. The topological polar surface area (TPSA) is 79.1 Å². The third kappa shape index (κ3) is 4.22. The molecule has 2 heterocycles. The van der Waals surface area contributed by atoms with E-state index in [1.807, 2.05) is 24.3 Å². The van der Waals surface area contributed by atoms with Gasteiger partial charge in [0.1, 0.15) is 11.8 Å². The molecule has 0 aliphatic heterocycles. The Hall–Kier alpha value is -3.72. The van der Waals surface area contributed by atoms with Crippen molar-refractivity contribution in [3.63, 3.8) is 0 Å². The van der Waals surface area contributed by atoms with Crippen LogP contribution in [0.3, 0.4) is 0 Å². The number of pyridine rings is 2. The molecule has 26 heavy (non-hydrogen) atoms. The van der Waals surface area contributed by atoms with Crippen molar-refractivity contribution >= 4 is 5.91 Å². The van der Waals surface area contributed by atoms with Gasteiger partial charge in [-0.05, 0) is 42.5 Å². The second kappa shape index (κ2) is 7.90. The van der Waals surface area contributed by atoms with Crippen molar-refractivity contribution in [2.45, 2.75) is 6.54 Å². The highest BCUT2D eigenvalue weighted by molar-refractivity contribution is 5.94. The summed E-state index contributed by atoms with van der Waals surface area (Å²) in [6, 6.07) is 17.7. The largest absolute Gasteiger partial charge is 0.439 e. The minimum Gasteiger partial charge on any atom is -0.439 e. The Morgan fingerprint density at radius 2 is 1.92 bits per heavy atom. The number of ether oxygens (including phenoxy) is 1. The lowest BCUT2D eigenvalue weighted by atomic mass is 10.2. The average Bonchev–Trinajstić information content (AvgIpc) is 2.69. The van der Waals surface area contributed by atoms with Crippen LogP contribution >= 0.6 is 0 Å². The van der Waals surface area contributed by atoms with Crippen LogP contribution in [-0.4, -0.2) is 27.8 Å². The molecule has 2 aromatic heterocycles. The third-order valence-electron chi connectivity index (χ3n) is 3.66. The van der Waals surface area contributed by atoms with Crippen LogP contribution < -0.4 is 4.74 Å². The first-order valence-corrected chi connectivity index (χ1v) is 7.95. The van der Waals surface area contributed by atoms with E-state index < -0.39 is 0 Å². The van der Waals surface area contributed by atoms with Gasteiger partial charge in [0.2, 0.25) is 5.88 Å². The van der Waals surface area contributed by atoms with E-state index in [9.17, 15) is 4.79 Å². The van der Waals surface area contributed by atoms with Crippen LogP contribution in [0.1, 0.15) is 21.6 Å². The molecule has 1 aromatic carbocycles. The number of nitriles is 1. The summed E-state index contributed by atoms with van der Waals surface area (Å²) in [5.41, 5.74) is 1.85. The minimum atomic E-state index is -0.0984. The van der Waals surface area contributed by atoms with Crippen molar-refractivity contribution in [2.24, 2.45) is 0 Å². The Labute approximate surface area is 151 Å². The van der Waals surface area contributed by atoms with Crippen molar-refractivity contribution in [1.82, 2.24) is 14.9 Å². The lowest BCUT2D eigenvalue weighted by Gasteiger charge is -2.17. The number of aromatic nitrogens is 2. The molecule has 128 valence electrons. The molecular weight excluding hydrogens is 328 g/mol. The van der Waals surface area contributed by atoms with E-state index in [4.69, 9.17) is 10.00 Å². The Kier molecular flexibility index (Phi) is 5.20. The molecule has 0 aliphatic rings. The molecule has 0 atom stereocenters. The van der Waals surface area contributed by atoms with E-state index in [0.29, 0.717) is 29.3 Å². The van der Waals surface area contributed by atoms with E-state index >= 15 is 0 Å². The van der Waals surface area contributed by atoms with Gasteiger partial charge in [-0.3, -0.25) is 9.78 Å². The van der Waals surface area contributed by atoms with E-state index in [1.165, 1.54) is 6.20 Å². The molecule has 0 spiro atoms. The standard InChI is InChI=1S/C20H16N4O2/c1-24(14-17-4-2-3-11-22-17)20(25)16-6-8-18(9-7-16)26-19-10-5-15(12-21)13-23-19/h2-11,13H,14H2,1H3. The number of hydrogen-bond donors (Lipinski definition) is 0. The van der Waals surface area contributed by atoms with Gasteiger partial charge in [0.05, 0.1) is 17.8 Å². The maximum atomic E-state index is 12.5. The number of rotatable bonds is 5. The summed E-state index contributed by atoms with van der Waals surface area (Å²) in [6.45, 7) is 0.438. The fourth-order valence-corrected chi connectivity index (χ4v) is 2.32. The molecule has 0 aliphatic carbocycles. The molecule has 3 aromatic rings. The highest BCUT2D eigenvalue weighted by Gasteiger charge is 2.12. The molecule has 3 rings (SSSR count). The first-order valence-electron chi connectivity index (χ1n) is 7.95. The third-order valence-corrected chi connectivity index (χ3v) is 3.66. The summed E-state index contributed by atoms with van der Waals surface area (Å²) in [5.74, 6) is 0.847. The maximum absolute atomic E-state index is 12.5. The quantitative estimate of drug-likeness (QED) is 0.708. The number of carbonyl (C=O) groups excluding carboxylic acids is 1. The second-order valence-electron chi connectivity index (χ2n) is 5.61. The van der Waals surface area contributed by atoms with E-state index in [1.54, 1.807) is 54.5 Å². The lowest BCUT2D eigenvalue weighted by Crippen LogP contribution is -2.26. The van der Waals surface area contributed by atoms with E-state index in [0.717, 1.165) is 5.69 Å². The first kappa shape index (κ1) is 17.1. The van der Waals surface area contributed by atoms with Crippen molar-refractivity contribution < 1.29 is 9.53 Å². The smallest absolute Gasteiger partial charge is 0.253 e. The molecule has 0 bridgehead atoms. The van der Waals surface area contributed by atoms with Crippen LogP contribution in [0.2, 0.25) is 0 Å². The number of hydrogen-bond acceptors (Lipinski definition) is 5. The molecule has 6 nitrogen and oxygen atoms in total.